The second-order valence-corrected chi connectivity index (χ2v) is 7.33. The van der Waals surface area contributed by atoms with Crippen LogP contribution in [0, 0.1) is 13.8 Å². The Hall–Kier alpha value is -3.32. The number of aromatic amines is 1. The number of aromatic hydroxyl groups is 2. The molecule has 0 spiro atoms. The van der Waals surface area contributed by atoms with Crippen molar-refractivity contribution in [3.05, 3.63) is 64.3 Å². The number of phenols is 2. The summed E-state index contributed by atoms with van der Waals surface area (Å²) in [5.74, 6) is 0.0738. The maximum absolute atomic E-state index is 13.1. The van der Waals surface area contributed by atoms with Gasteiger partial charge in [-0.15, -0.1) is 0 Å². The highest BCUT2D eigenvalue weighted by Gasteiger charge is 2.42. The zero-order valence-electron chi connectivity index (χ0n) is 16.6. The van der Waals surface area contributed by atoms with Crippen LogP contribution < -0.4 is 0 Å². The van der Waals surface area contributed by atoms with Crippen molar-refractivity contribution < 1.29 is 19.7 Å². The topological polar surface area (TPSA) is 98.7 Å². The Labute approximate surface area is 168 Å². The van der Waals surface area contributed by atoms with Crippen molar-refractivity contribution >= 4 is 5.91 Å². The second-order valence-electron chi connectivity index (χ2n) is 7.33. The van der Waals surface area contributed by atoms with Crippen LogP contribution in [0.15, 0.2) is 36.4 Å². The average molecular weight is 393 g/mol. The first-order valence-corrected chi connectivity index (χ1v) is 9.40. The van der Waals surface area contributed by atoms with E-state index in [4.69, 9.17) is 4.74 Å². The highest BCUT2D eigenvalue weighted by molar-refractivity contribution is 6.00. The number of H-pyrrole nitrogens is 1. The van der Waals surface area contributed by atoms with Gasteiger partial charge >= 0.3 is 0 Å². The molecule has 4 rings (SSSR count). The van der Waals surface area contributed by atoms with Crippen molar-refractivity contribution in [1.82, 2.24) is 15.1 Å². The third-order valence-corrected chi connectivity index (χ3v) is 5.29. The number of hydrogen-bond acceptors (Lipinski definition) is 5. The summed E-state index contributed by atoms with van der Waals surface area (Å²) >= 11 is 0. The molecule has 1 aliphatic heterocycles. The van der Waals surface area contributed by atoms with Gasteiger partial charge in [-0.3, -0.25) is 9.89 Å². The average Bonchev–Trinajstić information content (AvgIpc) is 3.22. The van der Waals surface area contributed by atoms with Gasteiger partial charge in [-0.1, -0.05) is 18.2 Å². The van der Waals surface area contributed by atoms with Gasteiger partial charge in [0, 0.05) is 24.8 Å². The molecule has 0 aliphatic carbocycles. The van der Waals surface area contributed by atoms with Gasteiger partial charge in [-0.2, -0.15) is 5.10 Å². The van der Waals surface area contributed by atoms with Gasteiger partial charge in [0.2, 0.25) is 0 Å². The molecule has 3 aromatic rings. The number of benzene rings is 2. The zero-order valence-corrected chi connectivity index (χ0v) is 16.6. The summed E-state index contributed by atoms with van der Waals surface area (Å²) in [7, 11) is 1.59. The van der Waals surface area contributed by atoms with E-state index in [-0.39, 0.29) is 17.4 Å². The molecule has 1 aliphatic rings. The molecule has 7 nitrogen and oxygen atoms in total. The number of phenolic OH excluding ortho intramolecular Hbond substituents is 2. The molecule has 7 heteroatoms. The molecule has 2 heterocycles. The first-order chi connectivity index (χ1) is 13.9. The highest BCUT2D eigenvalue weighted by atomic mass is 16.5. The van der Waals surface area contributed by atoms with Crippen LogP contribution in [-0.2, 0) is 4.74 Å². The lowest BCUT2D eigenvalue weighted by Gasteiger charge is -2.26. The van der Waals surface area contributed by atoms with Crippen LogP contribution in [0.25, 0.3) is 11.3 Å². The fourth-order valence-corrected chi connectivity index (χ4v) is 4.00. The summed E-state index contributed by atoms with van der Waals surface area (Å²) in [5, 5.41) is 28.0. The van der Waals surface area contributed by atoms with Crippen LogP contribution in [0.2, 0.25) is 0 Å². The van der Waals surface area contributed by atoms with Crippen LogP contribution in [-0.4, -0.2) is 51.5 Å². The normalized spacial score (nSPS) is 15.8. The maximum atomic E-state index is 13.1. The predicted molar refractivity (Wildman–Crippen MR) is 108 cm³/mol. The Kier molecular flexibility index (Phi) is 4.76. The quantitative estimate of drug-likeness (QED) is 0.618. The van der Waals surface area contributed by atoms with Crippen molar-refractivity contribution in [2.45, 2.75) is 19.9 Å². The van der Waals surface area contributed by atoms with Crippen molar-refractivity contribution in [1.29, 1.82) is 0 Å². The van der Waals surface area contributed by atoms with Gasteiger partial charge in [0.15, 0.2) is 0 Å². The molecule has 29 heavy (non-hydrogen) atoms. The summed E-state index contributed by atoms with van der Waals surface area (Å²) in [4.78, 5) is 14.8. The molecule has 150 valence electrons. The van der Waals surface area contributed by atoms with Crippen LogP contribution in [0.3, 0.4) is 0 Å². The van der Waals surface area contributed by atoms with Gasteiger partial charge < -0.3 is 19.8 Å². The summed E-state index contributed by atoms with van der Waals surface area (Å²) in [5.41, 5.74) is 4.69. The van der Waals surface area contributed by atoms with E-state index in [9.17, 15) is 15.0 Å². The molecule has 1 amide bonds. The lowest BCUT2D eigenvalue weighted by molar-refractivity contribution is 0.0677. The Morgan fingerprint density at radius 2 is 2.00 bits per heavy atom. The van der Waals surface area contributed by atoms with Gasteiger partial charge in [0.1, 0.15) is 22.9 Å². The first-order valence-electron chi connectivity index (χ1n) is 9.40. The van der Waals surface area contributed by atoms with Crippen molar-refractivity contribution in [3.8, 4) is 22.8 Å². The molecule has 1 aromatic heterocycles. The third-order valence-electron chi connectivity index (χ3n) is 5.29. The molecule has 2 aromatic carbocycles. The smallest absolute Gasteiger partial charge is 0.273 e. The number of aryl methyl sites for hydroxylation is 2. The molecular formula is C22H23N3O4. The molecule has 1 unspecified atom stereocenters. The van der Waals surface area contributed by atoms with E-state index in [2.05, 4.69) is 10.2 Å². The number of methoxy groups -OCH3 is 1. The first kappa shape index (κ1) is 19.0. The summed E-state index contributed by atoms with van der Waals surface area (Å²) in [6.45, 7) is 4.55. The number of amides is 1. The van der Waals surface area contributed by atoms with Crippen LogP contribution in [0.5, 0.6) is 11.5 Å². The van der Waals surface area contributed by atoms with Crippen LogP contribution in [0.4, 0.5) is 0 Å². The molecule has 3 N–H and O–H groups in total. The molecule has 0 fully saturated rings. The number of carbonyl (C=O) groups is 1. The zero-order chi connectivity index (χ0) is 20.7. The number of nitrogens with zero attached hydrogens (tertiary/aromatic N) is 2. The minimum Gasteiger partial charge on any atom is -0.508 e. The number of ether oxygens (including phenoxy) is 1. The van der Waals surface area contributed by atoms with Crippen LogP contribution >= 0.6 is 0 Å². The number of carbonyl (C=O) groups excluding carboxylic acids is 1. The Morgan fingerprint density at radius 3 is 2.72 bits per heavy atom. The van der Waals surface area contributed by atoms with Gasteiger partial charge in [-0.05, 0) is 48.7 Å². The monoisotopic (exact) mass is 393 g/mol. The lowest BCUT2D eigenvalue weighted by atomic mass is 9.94. The SMILES string of the molecule is COCCN1C(=O)c2[nH]nc(-c3cc(C)cc(C)c3O)c2C1c1cccc(O)c1. The molecular weight excluding hydrogens is 370 g/mol. The fraction of sp³-hybridized carbons (Fsp3) is 0.273. The van der Waals surface area contributed by atoms with E-state index in [0.29, 0.717) is 35.7 Å². The van der Waals surface area contributed by atoms with Gasteiger partial charge in [0.05, 0.1) is 12.6 Å². The number of aromatic nitrogens is 2. The number of hydrogen-bond donors (Lipinski definition) is 3. The Bertz CT molecular complexity index is 1090. The minimum atomic E-state index is -0.450. The minimum absolute atomic E-state index is 0.120. The molecule has 1 atom stereocenters. The van der Waals surface area contributed by atoms with Gasteiger partial charge in [-0.25, -0.2) is 0 Å². The Morgan fingerprint density at radius 1 is 1.21 bits per heavy atom. The molecule has 0 saturated carbocycles. The largest absolute Gasteiger partial charge is 0.508 e. The van der Waals surface area contributed by atoms with E-state index in [0.717, 1.165) is 16.7 Å². The second kappa shape index (κ2) is 7.25. The van der Waals surface area contributed by atoms with E-state index >= 15 is 0 Å². The molecule has 0 saturated heterocycles. The third kappa shape index (κ3) is 3.13. The fourth-order valence-electron chi connectivity index (χ4n) is 4.00. The Balaban J connectivity index is 1.92. The van der Waals surface area contributed by atoms with Crippen molar-refractivity contribution in [3.63, 3.8) is 0 Å². The summed E-state index contributed by atoms with van der Waals surface area (Å²) in [6.07, 6.45) is 0. The number of nitrogens with one attached hydrogen (secondary N) is 1. The van der Waals surface area contributed by atoms with E-state index in [1.165, 1.54) is 0 Å². The standard InChI is InChI=1S/C22H23N3O4/c1-12-9-13(2)21(27)16(10-12)18-17-19(24-23-18)22(28)25(7-8-29-3)20(17)14-5-4-6-15(26)11-14/h4-6,9-11,20,26-27H,7-8H2,1-3H3,(H,23,24). The van der Waals surface area contributed by atoms with Gasteiger partial charge in [0.25, 0.3) is 5.91 Å². The van der Waals surface area contributed by atoms with Crippen molar-refractivity contribution in [2.24, 2.45) is 0 Å². The number of fused-ring (bicyclic) bond motifs is 1. The summed E-state index contributed by atoms with van der Waals surface area (Å²) < 4.78 is 5.19. The highest BCUT2D eigenvalue weighted by Crippen LogP contribution is 2.45. The summed E-state index contributed by atoms with van der Waals surface area (Å²) in [6, 6.07) is 10.2. The number of rotatable bonds is 5. The lowest BCUT2D eigenvalue weighted by Crippen LogP contribution is -2.32. The molecule has 0 radical (unpaired) electrons. The maximum Gasteiger partial charge on any atom is 0.273 e. The van der Waals surface area contributed by atoms with Crippen molar-refractivity contribution in [2.75, 3.05) is 20.3 Å². The van der Waals surface area contributed by atoms with Crippen LogP contribution in [0.1, 0.15) is 38.8 Å². The van der Waals surface area contributed by atoms with E-state index < -0.39 is 6.04 Å². The predicted octanol–water partition coefficient (Wildman–Crippen LogP) is 3.30. The molecule has 0 bridgehead atoms. The van der Waals surface area contributed by atoms with E-state index in [1.54, 1.807) is 30.2 Å². The van der Waals surface area contributed by atoms with E-state index in [1.807, 2.05) is 32.0 Å².